The summed E-state index contributed by atoms with van der Waals surface area (Å²) in [6.45, 7) is 4.97. The van der Waals surface area contributed by atoms with Gasteiger partial charge in [-0.05, 0) is 73.2 Å². The summed E-state index contributed by atoms with van der Waals surface area (Å²) >= 11 is 0. The van der Waals surface area contributed by atoms with E-state index in [0.29, 0.717) is 35.1 Å². The molecule has 0 bridgehead atoms. The van der Waals surface area contributed by atoms with Crippen LogP contribution in [0.4, 0.5) is 4.39 Å². The first-order valence-corrected chi connectivity index (χ1v) is 14.3. The Morgan fingerprint density at radius 1 is 0.976 bits per heavy atom. The zero-order valence-electron chi connectivity index (χ0n) is 24.4. The molecule has 0 saturated heterocycles. The fourth-order valence-electron chi connectivity index (χ4n) is 5.77. The maximum Gasteiger partial charge on any atom is 0.182 e. The molecule has 7 nitrogen and oxygen atoms in total. The predicted molar refractivity (Wildman–Crippen MR) is 163 cm³/mol. The number of carbonyl (C=O) groups excluding carboxylic acids is 1. The van der Waals surface area contributed by atoms with Gasteiger partial charge in [0.15, 0.2) is 23.2 Å². The number of carbonyl (C=O) groups is 1. The van der Waals surface area contributed by atoms with Crippen molar-refractivity contribution < 1.29 is 23.8 Å². The van der Waals surface area contributed by atoms with Gasteiger partial charge in [0.2, 0.25) is 0 Å². The van der Waals surface area contributed by atoms with Crippen LogP contribution in [-0.2, 0) is 13.0 Å². The number of para-hydroxylation sites is 1. The lowest BCUT2D eigenvalue weighted by Gasteiger charge is -2.24. The van der Waals surface area contributed by atoms with Crippen LogP contribution in [0.1, 0.15) is 42.7 Å². The van der Waals surface area contributed by atoms with E-state index in [-0.39, 0.29) is 47.9 Å². The lowest BCUT2D eigenvalue weighted by atomic mass is 9.81. The summed E-state index contributed by atoms with van der Waals surface area (Å²) < 4.78 is 27.3. The van der Waals surface area contributed by atoms with Crippen molar-refractivity contribution in [2.45, 2.75) is 39.7 Å². The van der Waals surface area contributed by atoms with E-state index in [9.17, 15) is 14.3 Å². The summed E-state index contributed by atoms with van der Waals surface area (Å²) in [7, 11) is 2.97. The minimum atomic E-state index is -0.539. The van der Waals surface area contributed by atoms with Crippen molar-refractivity contribution in [3.05, 3.63) is 83.9 Å². The number of aliphatic hydroxyl groups is 1. The molecule has 0 aliphatic carbocycles. The topological polar surface area (TPSA) is 86.5 Å². The summed E-state index contributed by atoms with van der Waals surface area (Å²) in [6, 6.07) is 18.1. The first-order chi connectivity index (χ1) is 20.4. The Morgan fingerprint density at radius 3 is 2.48 bits per heavy atom. The molecule has 1 N–H and O–H groups in total. The molecule has 3 aromatic carbocycles. The van der Waals surface area contributed by atoms with Crippen LogP contribution in [0.25, 0.3) is 33.2 Å². The van der Waals surface area contributed by atoms with Gasteiger partial charge in [-0.15, -0.1) is 0 Å². The van der Waals surface area contributed by atoms with Gasteiger partial charge >= 0.3 is 0 Å². The lowest BCUT2D eigenvalue weighted by Crippen LogP contribution is -2.24. The summed E-state index contributed by atoms with van der Waals surface area (Å²) in [5.74, 6) is 0.0440. The predicted octanol–water partition coefficient (Wildman–Crippen LogP) is 6.88. The number of hydrogen-bond acceptors (Lipinski definition) is 6. The second kappa shape index (κ2) is 12.7. The molecule has 0 aliphatic heterocycles. The number of ketones is 1. The second-order valence-corrected chi connectivity index (χ2v) is 10.5. The van der Waals surface area contributed by atoms with E-state index < -0.39 is 5.82 Å². The number of methoxy groups -OCH3 is 2. The van der Waals surface area contributed by atoms with Gasteiger partial charge in [0.1, 0.15) is 11.4 Å². The molecule has 0 saturated carbocycles. The maximum absolute atomic E-state index is 14.6. The van der Waals surface area contributed by atoms with Crippen molar-refractivity contribution in [2.75, 3.05) is 20.8 Å². The Bertz CT molecular complexity index is 1730. The van der Waals surface area contributed by atoms with Crippen LogP contribution in [0, 0.1) is 17.7 Å². The van der Waals surface area contributed by atoms with Crippen molar-refractivity contribution in [2.24, 2.45) is 11.8 Å². The zero-order chi connectivity index (χ0) is 29.8. The largest absolute Gasteiger partial charge is 0.497 e. The fourth-order valence-corrected chi connectivity index (χ4v) is 5.77. The summed E-state index contributed by atoms with van der Waals surface area (Å²) in [6.07, 6.45) is 3.73. The molecule has 5 aromatic rings. The quantitative estimate of drug-likeness (QED) is 0.165. The first-order valence-electron chi connectivity index (χ1n) is 14.3. The number of nitrogens with zero attached hydrogens (tertiary/aromatic N) is 3. The highest BCUT2D eigenvalue weighted by molar-refractivity contribution is 6.06. The van der Waals surface area contributed by atoms with Crippen LogP contribution < -0.4 is 9.47 Å². The highest BCUT2D eigenvalue weighted by atomic mass is 19.1. The van der Waals surface area contributed by atoms with Crippen molar-refractivity contribution in [1.29, 1.82) is 0 Å². The number of fused-ring (bicyclic) bond motifs is 2. The molecule has 5 rings (SSSR count). The lowest BCUT2D eigenvalue weighted by molar-refractivity contribution is 0.0910. The number of aliphatic hydroxyl groups excluding tert-OH is 1. The number of Topliss-reactive ketones (excluding diaryl/α,β-unsaturated/α-hetero) is 1. The Morgan fingerprint density at radius 2 is 1.79 bits per heavy atom. The van der Waals surface area contributed by atoms with Crippen LogP contribution in [0.15, 0.2) is 66.9 Å². The van der Waals surface area contributed by atoms with Crippen LogP contribution in [0.2, 0.25) is 0 Å². The molecule has 2 unspecified atom stereocenters. The molecule has 2 heterocycles. The average molecular weight is 570 g/mol. The normalized spacial score (nSPS) is 12.9. The van der Waals surface area contributed by atoms with Gasteiger partial charge in [-0.2, -0.15) is 0 Å². The van der Waals surface area contributed by atoms with Gasteiger partial charge in [0.25, 0.3) is 0 Å². The molecule has 0 radical (unpaired) electrons. The molecule has 8 heteroatoms. The molecule has 0 aliphatic rings. The van der Waals surface area contributed by atoms with Crippen LogP contribution in [0.5, 0.6) is 11.5 Å². The average Bonchev–Trinajstić information content (AvgIpc) is 3.38. The smallest absolute Gasteiger partial charge is 0.182 e. The summed E-state index contributed by atoms with van der Waals surface area (Å²) in [4.78, 5) is 23.3. The van der Waals surface area contributed by atoms with E-state index in [1.54, 1.807) is 31.4 Å². The Hall–Kier alpha value is -4.30. The number of rotatable bonds is 12. The van der Waals surface area contributed by atoms with E-state index in [1.807, 2.05) is 19.1 Å². The van der Waals surface area contributed by atoms with Crippen molar-refractivity contribution in [3.8, 4) is 22.9 Å². The van der Waals surface area contributed by atoms with E-state index in [0.717, 1.165) is 6.54 Å². The van der Waals surface area contributed by atoms with Crippen molar-refractivity contribution in [1.82, 2.24) is 14.5 Å². The molecule has 0 amide bonds. The summed E-state index contributed by atoms with van der Waals surface area (Å²) in [5, 5.41) is 12.2. The van der Waals surface area contributed by atoms with Crippen molar-refractivity contribution in [3.63, 3.8) is 0 Å². The minimum absolute atomic E-state index is 0.0356. The highest BCUT2D eigenvalue weighted by Gasteiger charge is 2.27. The Balaban J connectivity index is 1.50. The maximum atomic E-state index is 14.6. The van der Waals surface area contributed by atoms with E-state index in [2.05, 4.69) is 39.8 Å². The van der Waals surface area contributed by atoms with E-state index in [4.69, 9.17) is 9.47 Å². The third kappa shape index (κ3) is 5.72. The van der Waals surface area contributed by atoms with Crippen LogP contribution in [-0.4, -0.2) is 46.3 Å². The fraction of sp³-hybridized carbons (Fsp3) is 0.324. The number of aryl methyl sites for hydroxylation is 1. The van der Waals surface area contributed by atoms with Gasteiger partial charge in [0, 0.05) is 47.6 Å². The monoisotopic (exact) mass is 569 g/mol. The SMILES string of the molecule is CCC(CC(=O)c1nc(-c2ccc(OC)c(F)c2)nc2ccc(OC)cc12)C(CO)Cc1cn(CC)c2ccccc12. The Labute approximate surface area is 244 Å². The molecule has 2 atom stereocenters. The molecule has 218 valence electrons. The molecule has 42 heavy (non-hydrogen) atoms. The first kappa shape index (κ1) is 29.2. The number of aromatic nitrogens is 3. The minimum Gasteiger partial charge on any atom is -0.497 e. The highest BCUT2D eigenvalue weighted by Crippen LogP contribution is 2.32. The van der Waals surface area contributed by atoms with Gasteiger partial charge in [-0.25, -0.2) is 14.4 Å². The second-order valence-electron chi connectivity index (χ2n) is 10.5. The molecule has 0 fully saturated rings. The van der Waals surface area contributed by atoms with Gasteiger partial charge < -0.3 is 19.1 Å². The van der Waals surface area contributed by atoms with Crippen molar-refractivity contribution >= 4 is 27.6 Å². The number of ether oxygens (including phenoxy) is 2. The third-order valence-corrected chi connectivity index (χ3v) is 8.14. The molecular weight excluding hydrogens is 533 g/mol. The van der Waals surface area contributed by atoms with E-state index >= 15 is 0 Å². The summed E-state index contributed by atoms with van der Waals surface area (Å²) in [5.41, 5.74) is 3.58. The van der Waals surface area contributed by atoms with Gasteiger partial charge in [-0.3, -0.25) is 4.79 Å². The standard InChI is InChI=1S/C34H36FN3O4/c1-5-21(24(20-39)15-23-19-38(6-2)30-10-8-7-9-26(23)30)17-31(40)33-27-18-25(41-3)12-13-29(27)36-34(37-33)22-11-14-32(42-4)28(35)16-22/h7-14,16,18-19,21,24,39H,5-6,15,17,20H2,1-4H3. The molecule has 2 aromatic heterocycles. The van der Waals surface area contributed by atoms with Crippen LogP contribution >= 0.6 is 0 Å². The van der Waals surface area contributed by atoms with Gasteiger partial charge in [-0.1, -0.05) is 31.5 Å². The van der Waals surface area contributed by atoms with Crippen LogP contribution in [0.3, 0.4) is 0 Å². The number of halogens is 1. The van der Waals surface area contributed by atoms with Gasteiger partial charge in [0.05, 0.1) is 19.7 Å². The number of hydrogen-bond donors (Lipinski definition) is 1. The zero-order valence-corrected chi connectivity index (χ0v) is 24.4. The molecular formula is C34H36FN3O4. The number of benzene rings is 3. The third-order valence-electron chi connectivity index (χ3n) is 8.14. The Kier molecular flexibility index (Phi) is 8.83. The van der Waals surface area contributed by atoms with E-state index in [1.165, 1.54) is 35.7 Å². The molecule has 0 spiro atoms.